The number of hydrogen-bond donors (Lipinski definition) is 2. The van der Waals surface area contributed by atoms with Crippen molar-refractivity contribution in [1.82, 2.24) is 15.3 Å². The fourth-order valence-electron chi connectivity index (χ4n) is 5.47. The summed E-state index contributed by atoms with van der Waals surface area (Å²) in [4.78, 5) is 11.2. The van der Waals surface area contributed by atoms with Gasteiger partial charge in [0.25, 0.3) is 0 Å². The van der Waals surface area contributed by atoms with Crippen LogP contribution in [0, 0.1) is 0 Å². The monoisotopic (exact) mass is 420 g/mol. The van der Waals surface area contributed by atoms with Gasteiger partial charge in [-0.15, -0.1) is 0 Å². The molecule has 2 aromatic heterocycles. The van der Waals surface area contributed by atoms with Crippen LogP contribution in [0.15, 0.2) is 42.7 Å². The molecule has 2 atom stereocenters. The summed E-state index contributed by atoms with van der Waals surface area (Å²) in [6.45, 7) is 8.92. The molecule has 0 spiro atoms. The zero-order chi connectivity index (χ0) is 22.0. The highest BCUT2D eigenvalue weighted by molar-refractivity contribution is 5.88. The maximum Gasteiger partial charge on any atom is 0.138 e. The second-order valence-corrected chi connectivity index (χ2v) is 10.1. The van der Waals surface area contributed by atoms with Crippen LogP contribution >= 0.6 is 0 Å². The van der Waals surface area contributed by atoms with Crippen molar-refractivity contribution in [3.8, 4) is 16.9 Å². The van der Waals surface area contributed by atoms with Crippen LogP contribution < -0.4 is 10.2 Å². The molecule has 1 fully saturated rings. The minimum Gasteiger partial charge on any atom is -0.507 e. The van der Waals surface area contributed by atoms with E-state index in [-0.39, 0.29) is 17.3 Å². The van der Waals surface area contributed by atoms with Crippen molar-refractivity contribution in [2.45, 2.75) is 63.8 Å². The van der Waals surface area contributed by atoms with Gasteiger partial charge in [-0.05, 0) is 64.3 Å². The molecule has 31 heavy (non-hydrogen) atoms. The summed E-state index contributed by atoms with van der Waals surface area (Å²) in [6, 6.07) is 9.38. The number of alkyl halides is 1. The zero-order valence-corrected chi connectivity index (χ0v) is 18.5. The number of phenolic OH excluding ortho intramolecular Hbond substituents is 1. The third kappa shape index (κ3) is 3.43. The van der Waals surface area contributed by atoms with Gasteiger partial charge in [-0.25, -0.2) is 9.37 Å². The Bertz CT molecular complexity index is 1160. The minimum atomic E-state index is -0.995. The third-order valence-corrected chi connectivity index (χ3v) is 6.68. The lowest BCUT2D eigenvalue weighted by molar-refractivity contribution is 0.0555. The molecule has 5 nitrogen and oxygen atoms in total. The number of piperidine rings is 1. The molecule has 0 saturated carbocycles. The molecule has 0 unspecified atom stereocenters. The average molecular weight is 421 g/mol. The van der Waals surface area contributed by atoms with E-state index in [0.29, 0.717) is 0 Å². The molecule has 1 aromatic carbocycles. The number of benzene rings is 1. The number of pyridine rings is 2. The fraction of sp³-hybridized carbons (Fsp3) is 0.440. The third-order valence-electron chi connectivity index (χ3n) is 6.68. The minimum absolute atomic E-state index is 0.148. The number of halogens is 1. The lowest BCUT2D eigenvalue weighted by Gasteiger charge is -2.51. The Morgan fingerprint density at radius 1 is 1.16 bits per heavy atom. The van der Waals surface area contributed by atoms with Gasteiger partial charge in [-0.2, -0.15) is 0 Å². The summed E-state index contributed by atoms with van der Waals surface area (Å²) in [7, 11) is 0. The summed E-state index contributed by atoms with van der Waals surface area (Å²) in [5.41, 5.74) is 2.72. The first-order chi connectivity index (χ1) is 14.6. The molecule has 4 heterocycles. The lowest BCUT2D eigenvalue weighted by Crippen LogP contribution is -2.69. The van der Waals surface area contributed by atoms with Crippen molar-refractivity contribution in [3.63, 3.8) is 0 Å². The van der Waals surface area contributed by atoms with Gasteiger partial charge >= 0.3 is 0 Å². The Labute approximate surface area is 182 Å². The molecule has 1 saturated heterocycles. The number of aromatic hydroxyl groups is 1. The molecule has 5 rings (SSSR count). The first-order valence-electron chi connectivity index (χ1n) is 10.9. The van der Waals surface area contributed by atoms with E-state index in [4.69, 9.17) is 4.98 Å². The van der Waals surface area contributed by atoms with Crippen LogP contribution in [-0.4, -0.2) is 44.9 Å². The van der Waals surface area contributed by atoms with Crippen molar-refractivity contribution in [3.05, 3.63) is 48.3 Å². The summed E-state index contributed by atoms with van der Waals surface area (Å²) < 4.78 is 15.5. The molecule has 2 aliphatic heterocycles. The summed E-state index contributed by atoms with van der Waals surface area (Å²) in [5.74, 6) is 1.06. The second kappa shape index (κ2) is 6.89. The van der Waals surface area contributed by atoms with Crippen LogP contribution in [0.2, 0.25) is 0 Å². The highest BCUT2D eigenvalue weighted by atomic mass is 19.1. The topological polar surface area (TPSA) is 61.3 Å². The Morgan fingerprint density at radius 2 is 1.97 bits per heavy atom. The van der Waals surface area contributed by atoms with Crippen molar-refractivity contribution in [2.24, 2.45) is 0 Å². The van der Waals surface area contributed by atoms with E-state index < -0.39 is 11.7 Å². The van der Waals surface area contributed by atoms with Crippen molar-refractivity contribution in [2.75, 3.05) is 11.4 Å². The Balaban J connectivity index is 1.50. The number of rotatable bonds is 2. The Hall–Kier alpha value is -2.73. The van der Waals surface area contributed by atoms with Crippen LogP contribution in [0.25, 0.3) is 22.0 Å². The van der Waals surface area contributed by atoms with Crippen LogP contribution in [0.3, 0.4) is 0 Å². The number of hydrogen-bond acceptors (Lipinski definition) is 5. The predicted octanol–water partition coefficient (Wildman–Crippen LogP) is 4.62. The molecule has 162 valence electrons. The summed E-state index contributed by atoms with van der Waals surface area (Å²) in [5, 5.41) is 15.0. The van der Waals surface area contributed by atoms with E-state index >= 15 is 4.39 Å². The first-order valence-corrected chi connectivity index (χ1v) is 10.9. The summed E-state index contributed by atoms with van der Waals surface area (Å²) in [6.07, 6.45) is 4.06. The number of phenols is 1. The van der Waals surface area contributed by atoms with Crippen LogP contribution in [0.1, 0.15) is 39.7 Å². The predicted molar refractivity (Wildman–Crippen MR) is 122 cm³/mol. The first kappa shape index (κ1) is 20.2. The lowest BCUT2D eigenvalue weighted by atomic mass is 9.77. The van der Waals surface area contributed by atoms with Gasteiger partial charge in [0.15, 0.2) is 0 Å². The molecule has 3 aromatic rings. The number of aromatic nitrogens is 2. The van der Waals surface area contributed by atoms with Crippen LogP contribution in [-0.2, 0) is 6.42 Å². The van der Waals surface area contributed by atoms with Gasteiger partial charge in [-0.3, -0.25) is 4.98 Å². The largest absolute Gasteiger partial charge is 0.507 e. The maximum atomic E-state index is 15.5. The number of fused-ring (bicyclic) bond motifs is 2. The fourth-order valence-corrected chi connectivity index (χ4v) is 5.47. The van der Waals surface area contributed by atoms with Gasteiger partial charge < -0.3 is 15.3 Å². The second-order valence-electron chi connectivity index (χ2n) is 10.1. The molecule has 6 heteroatoms. The summed E-state index contributed by atoms with van der Waals surface area (Å²) >= 11 is 0. The van der Waals surface area contributed by atoms with Gasteiger partial charge in [0.05, 0.1) is 11.6 Å². The van der Waals surface area contributed by atoms with Crippen LogP contribution in [0.4, 0.5) is 10.2 Å². The van der Waals surface area contributed by atoms with Crippen molar-refractivity contribution in [1.29, 1.82) is 0 Å². The molecule has 2 aliphatic rings. The van der Waals surface area contributed by atoms with Crippen molar-refractivity contribution >= 4 is 16.7 Å². The van der Waals surface area contributed by atoms with E-state index in [1.54, 1.807) is 18.5 Å². The standard InChI is InChI=1S/C25H29FN4O/c1-24(2)13-20(22(26)25(3,4)29-24)30-9-7-16-10-17(14-28-23(16)30)18-11-15-6-5-8-27-19(15)12-21(18)31/h5-6,8,10-12,14,20,22,29,31H,7,9,13H2,1-4H3/t20-,22-/m0/s1. The highest BCUT2D eigenvalue weighted by Crippen LogP contribution is 2.40. The quantitative estimate of drug-likeness (QED) is 0.633. The Kier molecular flexibility index (Phi) is 4.49. The number of nitrogens with zero attached hydrogens (tertiary/aromatic N) is 3. The SMILES string of the molecule is CC1(C)C[C@H](N2CCc3cc(-c4cc5cccnc5cc4O)cnc32)[C@H](F)C(C)(C)N1. The van der Waals surface area contributed by atoms with Crippen molar-refractivity contribution < 1.29 is 9.50 Å². The normalized spacial score (nSPS) is 24.4. The highest BCUT2D eigenvalue weighted by Gasteiger charge is 2.49. The molecule has 0 radical (unpaired) electrons. The van der Waals surface area contributed by atoms with Gasteiger partial charge in [0.1, 0.15) is 17.7 Å². The number of nitrogens with one attached hydrogen (secondary N) is 1. The smallest absolute Gasteiger partial charge is 0.138 e. The molecule has 0 amide bonds. The van der Waals surface area contributed by atoms with E-state index in [2.05, 4.69) is 35.1 Å². The Morgan fingerprint density at radius 3 is 2.77 bits per heavy atom. The number of anilines is 1. The molecular formula is C25H29FN4O. The van der Waals surface area contributed by atoms with E-state index in [1.165, 1.54) is 0 Å². The van der Waals surface area contributed by atoms with Gasteiger partial charge in [0.2, 0.25) is 0 Å². The maximum absolute atomic E-state index is 15.5. The zero-order valence-electron chi connectivity index (χ0n) is 18.5. The van der Waals surface area contributed by atoms with Gasteiger partial charge in [-0.1, -0.05) is 6.07 Å². The van der Waals surface area contributed by atoms with E-state index in [1.807, 2.05) is 32.0 Å². The van der Waals surface area contributed by atoms with Crippen LogP contribution in [0.5, 0.6) is 5.75 Å². The molecule has 0 aliphatic carbocycles. The van der Waals surface area contributed by atoms with E-state index in [9.17, 15) is 5.11 Å². The average Bonchev–Trinajstić information content (AvgIpc) is 3.12. The van der Waals surface area contributed by atoms with E-state index in [0.717, 1.165) is 52.8 Å². The van der Waals surface area contributed by atoms with Gasteiger partial charge in [0, 0.05) is 52.6 Å². The molecule has 2 N–H and O–H groups in total. The molecular weight excluding hydrogens is 391 g/mol. The molecule has 0 bridgehead atoms.